The second-order valence-electron chi connectivity index (χ2n) is 7.06. The second-order valence-corrected chi connectivity index (χ2v) is 7.06. The highest BCUT2D eigenvalue weighted by molar-refractivity contribution is 5.77. The van der Waals surface area contributed by atoms with Crippen LogP contribution in [0.2, 0.25) is 0 Å². The summed E-state index contributed by atoms with van der Waals surface area (Å²) in [4.78, 5) is 14.4. The van der Waals surface area contributed by atoms with Gasteiger partial charge >= 0.3 is 6.03 Å². The van der Waals surface area contributed by atoms with Gasteiger partial charge in [-0.25, -0.2) is 9.18 Å². The lowest BCUT2D eigenvalue weighted by Crippen LogP contribution is -2.75. The van der Waals surface area contributed by atoms with Crippen LogP contribution in [-0.2, 0) is 0 Å². The quantitative estimate of drug-likeness (QED) is 0.885. The molecule has 0 aromatic heterocycles. The lowest BCUT2D eigenvalue weighted by atomic mass is 9.72. The average Bonchev–Trinajstić information content (AvgIpc) is 2.68. The van der Waals surface area contributed by atoms with Crippen molar-refractivity contribution in [2.45, 2.75) is 31.3 Å². The van der Waals surface area contributed by atoms with Gasteiger partial charge in [0.15, 0.2) is 0 Å². The third-order valence-corrected chi connectivity index (χ3v) is 5.49. The molecule has 2 aliphatic rings. The summed E-state index contributed by atoms with van der Waals surface area (Å²) in [6.07, 6.45) is 0.939. The van der Waals surface area contributed by atoms with Crippen molar-refractivity contribution in [3.05, 3.63) is 59.9 Å². The van der Waals surface area contributed by atoms with E-state index in [1.165, 1.54) is 11.6 Å². The van der Waals surface area contributed by atoms with E-state index < -0.39 is 0 Å². The van der Waals surface area contributed by atoms with Crippen molar-refractivity contribution < 1.29 is 9.18 Å². The fourth-order valence-corrected chi connectivity index (χ4v) is 4.23. The van der Waals surface area contributed by atoms with Gasteiger partial charge < -0.3 is 15.5 Å². The molecule has 2 bridgehead atoms. The normalized spacial score (nSPS) is 24.1. The van der Waals surface area contributed by atoms with Gasteiger partial charge in [-0.2, -0.15) is 0 Å². The van der Waals surface area contributed by atoms with E-state index in [4.69, 9.17) is 0 Å². The molecule has 4 nitrogen and oxygen atoms in total. The highest BCUT2D eigenvalue weighted by atomic mass is 19.1. The number of carbonyl (C=O) groups excluding carboxylic acids is 1. The Morgan fingerprint density at radius 1 is 1.15 bits per heavy atom. The number of fused-ring (bicyclic) bond motifs is 2. The molecule has 136 valence electrons. The molecule has 2 N–H and O–H groups in total. The van der Waals surface area contributed by atoms with Crippen molar-refractivity contribution in [1.82, 2.24) is 15.5 Å². The van der Waals surface area contributed by atoms with Gasteiger partial charge in [-0.05, 0) is 23.6 Å². The Morgan fingerprint density at radius 2 is 1.85 bits per heavy atom. The predicted molar refractivity (Wildman–Crippen MR) is 101 cm³/mol. The fraction of sp³-hybridized carbons (Fsp3) is 0.381. The summed E-state index contributed by atoms with van der Waals surface area (Å²) in [5, 5.41) is 6.39. The number of carbonyl (C=O) groups is 1. The molecule has 2 aromatic carbocycles. The molecular weight excluding hydrogens is 329 g/mol. The number of nitrogens with one attached hydrogen (secondary N) is 2. The van der Waals surface area contributed by atoms with Crippen LogP contribution in [0.4, 0.5) is 9.18 Å². The molecule has 2 aromatic rings. The lowest BCUT2D eigenvalue weighted by Gasteiger charge is -2.59. The molecule has 4 rings (SSSR count). The van der Waals surface area contributed by atoms with Gasteiger partial charge in [0.25, 0.3) is 0 Å². The fourth-order valence-electron chi connectivity index (χ4n) is 4.23. The molecule has 2 amide bonds. The lowest BCUT2D eigenvalue weighted by molar-refractivity contribution is -0.00341. The van der Waals surface area contributed by atoms with Crippen molar-refractivity contribution >= 4 is 6.03 Å². The third kappa shape index (κ3) is 2.86. The zero-order valence-corrected chi connectivity index (χ0v) is 14.9. The van der Waals surface area contributed by atoms with Crippen LogP contribution in [0, 0.1) is 5.82 Å². The standard InChI is InChI=1S/C21H24FN3O/c1-2-11-24-21(26)25-18-12-23-13-19(25)20(18)15-9-7-14(8-10-15)16-5-3-4-6-17(16)22/h3-10,18-20,23H,2,11-13H2,1H3,(H,24,26)/t18-,19+,20?. The number of rotatable bonds is 4. The summed E-state index contributed by atoms with van der Waals surface area (Å²) in [5.74, 6) is 0.141. The first-order valence-electron chi connectivity index (χ1n) is 9.32. The van der Waals surface area contributed by atoms with Gasteiger partial charge in [0.05, 0.1) is 12.1 Å². The number of hydrogen-bond acceptors (Lipinski definition) is 2. The highest BCUT2D eigenvalue weighted by Crippen LogP contribution is 2.42. The van der Waals surface area contributed by atoms with Gasteiger partial charge in [0.1, 0.15) is 5.82 Å². The molecule has 2 fully saturated rings. The molecule has 5 heteroatoms. The number of piperazine rings is 1. The van der Waals surface area contributed by atoms with Gasteiger partial charge in [-0.3, -0.25) is 0 Å². The summed E-state index contributed by atoms with van der Waals surface area (Å²) < 4.78 is 14.0. The highest BCUT2D eigenvalue weighted by Gasteiger charge is 2.53. The molecule has 0 spiro atoms. The smallest absolute Gasteiger partial charge is 0.318 e. The van der Waals surface area contributed by atoms with E-state index in [0.717, 1.165) is 25.1 Å². The van der Waals surface area contributed by atoms with Crippen LogP contribution < -0.4 is 10.6 Å². The maximum absolute atomic E-state index is 14.0. The van der Waals surface area contributed by atoms with Crippen molar-refractivity contribution in [2.75, 3.05) is 19.6 Å². The summed E-state index contributed by atoms with van der Waals surface area (Å²) in [6, 6.07) is 15.4. The van der Waals surface area contributed by atoms with Crippen LogP contribution in [0.15, 0.2) is 48.5 Å². The van der Waals surface area contributed by atoms with Crippen LogP contribution in [0.3, 0.4) is 0 Å². The van der Waals surface area contributed by atoms with Crippen LogP contribution in [0.5, 0.6) is 0 Å². The molecule has 0 saturated carbocycles. The molecule has 2 aliphatic heterocycles. The van der Waals surface area contributed by atoms with Crippen LogP contribution in [0.1, 0.15) is 24.8 Å². The predicted octanol–water partition coefficient (Wildman–Crippen LogP) is 3.35. The van der Waals surface area contributed by atoms with Gasteiger partial charge in [0, 0.05) is 31.1 Å². The molecule has 0 radical (unpaired) electrons. The largest absolute Gasteiger partial charge is 0.338 e. The number of piperidine rings is 1. The number of benzene rings is 2. The minimum absolute atomic E-state index is 0.0441. The summed E-state index contributed by atoms with van der Waals surface area (Å²) in [6.45, 7) is 4.40. The second kappa shape index (κ2) is 7.08. The molecule has 2 heterocycles. The van der Waals surface area contributed by atoms with Crippen molar-refractivity contribution in [3.8, 4) is 11.1 Å². The minimum atomic E-state index is -0.205. The third-order valence-electron chi connectivity index (χ3n) is 5.49. The van der Waals surface area contributed by atoms with Crippen LogP contribution in [-0.4, -0.2) is 42.6 Å². The molecule has 0 aliphatic carbocycles. The summed E-state index contributed by atoms with van der Waals surface area (Å²) >= 11 is 0. The zero-order valence-electron chi connectivity index (χ0n) is 14.9. The van der Waals surface area contributed by atoms with Gasteiger partial charge in [-0.1, -0.05) is 49.4 Å². The van der Waals surface area contributed by atoms with Gasteiger partial charge in [-0.15, -0.1) is 0 Å². The zero-order chi connectivity index (χ0) is 18.1. The Balaban J connectivity index is 1.52. The number of nitrogens with zero attached hydrogens (tertiary/aromatic N) is 1. The van der Waals surface area contributed by atoms with E-state index in [0.29, 0.717) is 18.0 Å². The van der Waals surface area contributed by atoms with E-state index in [1.54, 1.807) is 12.1 Å². The SMILES string of the molecule is CCCNC(=O)N1[C@@H]2CNC[C@H]1C2c1ccc(-c2ccccc2F)cc1. The van der Waals surface area contributed by atoms with E-state index >= 15 is 0 Å². The first-order chi connectivity index (χ1) is 12.7. The number of amides is 2. The van der Waals surface area contributed by atoms with E-state index in [2.05, 4.69) is 29.7 Å². The Bertz CT molecular complexity index is 780. The topological polar surface area (TPSA) is 44.4 Å². The van der Waals surface area contributed by atoms with Crippen molar-refractivity contribution in [2.24, 2.45) is 0 Å². The first-order valence-corrected chi connectivity index (χ1v) is 9.32. The molecular formula is C21H24FN3O. The Labute approximate surface area is 153 Å². The van der Waals surface area contributed by atoms with Crippen LogP contribution >= 0.6 is 0 Å². The maximum atomic E-state index is 14.0. The first kappa shape index (κ1) is 17.0. The van der Waals surface area contributed by atoms with Gasteiger partial charge in [0.2, 0.25) is 0 Å². The molecule has 1 unspecified atom stereocenters. The molecule has 26 heavy (non-hydrogen) atoms. The van der Waals surface area contributed by atoms with E-state index in [1.807, 2.05) is 23.1 Å². The Morgan fingerprint density at radius 3 is 2.50 bits per heavy atom. The maximum Gasteiger partial charge on any atom is 0.318 e. The van der Waals surface area contributed by atoms with E-state index in [-0.39, 0.29) is 23.9 Å². The van der Waals surface area contributed by atoms with Crippen LogP contribution in [0.25, 0.3) is 11.1 Å². The monoisotopic (exact) mass is 353 g/mol. The van der Waals surface area contributed by atoms with Crippen molar-refractivity contribution in [3.63, 3.8) is 0 Å². The number of hydrogen-bond donors (Lipinski definition) is 2. The van der Waals surface area contributed by atoms with E-state index in [9.17, 15) is 9.18 Å². The number of urea groups is 1. The summed E-state index contributed by atoms with van der Waals surface area (Å²) in [5.41, 5.74) is 2.73. The molecule has 2 saturated heterocycles. The minimum Gasteiger partial charge on any atom is -0.338 e. The number of halogens is 1. The average molecular weight is 353 g/mol. The molecule has 3 atom stereocenters. The Kier molecular flexibility index (Phi) is 4.64. The Hall–Kier alpha value is -2.40. The van der Waals surface area contributed by atoms with Crippen molar-refractivity contribution in [1.29, 1.82) is 0 Å². The summed E-state index contributed by atoms with van der Waals surface area (Å²) in [7, 11) is 0.